The molecule has 0 spiro atoms. The summed E-state index contributed by atoms with van der Waals surface area (Å²) < 4.78 is 63.4. The first-order chi connectivity index (χ1) is 9.34. The molecule has 1 heterocycles. The van der Waals surface area contributed by atoms with Crippen molar-refractivity contribution in [1.29, 1.82) is 0 Å². The second kappa shape index (κ2) is 5.97. The Morgan fingerprint density at radius 3 is 2.75 bits per heavy atom. The summed E-state index contributed by atoms with van der Waals surface area (Å²) in [5, 5.41) is 6.69. The van der Waals surface area contributed by atoms with Gasteiger partial charge in [0, 0.05) is 12.2 Å². The standard InChI is InChI=1S/C12H16F5N3/c13-11(14)7-20-6-10(5-18-20)19-9-3-1-2-8(4-9)12(15,16)17/h5-6,8-9,11,19H,1-4,7H2/t8-,9-/m0/s1. The fraction of sp³-hybridized carbons (Fsp3) is 0.750. The van der Waals surface area contributed by atoms with Gasteiger partial charge in [-0.15, -0.1) is 0 Å². The van der Waals surface area contributed by atoms with Gasteiger partial charge in [0.1, 0.15) is 6.54 Å². The van der Waals surface area contributed by atoms with E-state index in [-0.39, 0.29) is 18.9 Å². The molecule has 2 atom stereocenters. The van der Waals surface area contributed by atoms with E-state index in [1.807, 2.05) is 0 Å². The molecule has 3 nitrogen and oxygen atoms in total. The number of alkyl halides is 5. The van der Waals surface area contributed by atoms with Crippen LogP contribution in [0, 0.1) is 5.92 Å². The Balaban J connectivity index is 1.91. The number of anilines is 1. The molecule has 0 aromatic carbocycles. The monoisotopic (exact) mass is 297 g/mol. The highest BCUT2D eigenvalue weighted by atomic mass is 19.4. The Bertz CT molecular complexity index is 429. The molecule has 0 amide bonds. The van der Waals surface area contributed by atoms with E-state index in [0.29, 0.717) is 18.5 Å². The molecule has 1 fully saturated rings. The molecule has 0 radical (unpaired) electrons. The third-order valence-electron chi connectivity index (χ3n) is 3.47. The summed E-state index contributed by atoms with van der Waals surface area (Å²) in [6.07, 6.45) is -2.59. The SMILES string of the molecule is FC(F)Cn1cc(N[C@H]2CCC[C@H](C(F)(F)F)C2)cn1. The molecule has 1 aliphatic carbocycles. The maximum Gasteiger partial charge on any atom is 0.391 e. The average molecular weight is 297 g/mol. The topological polar surface area (TPSA) is 29.9 Å². The Morgan fingerprint density at radius 2 is 2.10 bits per heavy atom. The van der Waals surface area contributed by atoms with Gasteiger partial charge < -0.3 is 5.32 Å². The van der Waals surface area contributed by atoms with Crippen molar-refractivity contribution < 1.29 is 22.0 Å². The lowest BCUT2D eigenvalue weighted by Crippen LogP contribution is -2.34. The van der Waals surface area contributed by atoms with E-state index in [0.717, 1.165) is 4.68 Å². The number of nitrogens with zero attached hydrogens (tertiary/aromatic N) is 2. The molecule has 1 saturated carbocycles. The second-order valence-corrected chi connectivity index (χ2v) is 5.09. The summed E-state index contributed by atoms with van der Waals surface area (Å²) in [6.45, 7) is -0.516. The maximum absolute atomic E-state index is 12.7. The summed E-state index contributed by atoms with van der Waals surface area (Å²) in [6, 6.07) is -0.292. The van der Waals surface area contributed by atoms with E-state index in [9.17, 15) is 22.0 Å². The molecule has 2 rings (SSSR count). The molecule has 0 bridgehead atoms. The van der Waals surface area contributed by atoms with Gasteiger partial charge in [-0.2, -0.15) is 18.3 Å². The highest BCUT2D eigenvalue weighted by molar-refractivity contribution is 5.39. The largest absolute Gasteiger partial charge is 0.391 e. The average Bonchev–Trinajstić information content (AvgIpc) is 2.75. The van der Waals surface area contributed by atoms with Gasteiger partial charge in [-0.3, -0.25) is 4.68 Å². The van der Waals surface area contributed by atoms with Crippen LogP contribution in [0.3, 0.4) is 0 Å². The summed E-state index contributed by atoms with van der Waals surface area (Å²) in [4.78, 5) is 0. The van der Waals surface area contributed by atoms with Crippen LogP contribution in [-0.2, 0) is 6.54 Å². The fourth-order valence-corrected chi connectivity index (χ4v) is 2.53. The molecule has 1 aliphatic rings. The molecule has 1 N–H and O–H groups in total. The van der Waals surface area contributed by atoms with E-state index < -0.39 is 25.1 Å². The van der Waals surface area contributed by atoms with Crippen LogP contribution in [0.2, 0.25) is 0 Å². The number of halogens is 5. The van der Waals surface area contributed by atoms with Crippen LogP contribution in [0.15, 0.2) is 12.4 Å². The van der Waals surface area contributed by atoms with Gasteiger partial charge in [-0.1, -0.05) is 6.42 Å². The molecule has 1 aromatic rings. The van der Waals surface area contributed by atoms with Gasteiger partial charge in [0.15, 0.2) is 0 Å². The molecule has 1 aromatic heterocycles. The van der Waals surface area contributed by atoms with Crippen LogP contribution in [0.4, 0.5) is 27.6 Å². The van der Waals surface area contributed by atoms with Gasteiger partial charge in [0.25, 0.3) is 6.43 Å². The highest BCUT2D eigenvalue weighted by Crippen LogP contribution is 2.38. The first kappa shape index (κ1) is 15.1. The smallest absolute Gasteiger partial charge is 0.380 e. The summed E-state index contributed by atoms with van der Waals surface area (Å²) in [7, 11) is 0. The second-order valence-electron chi connectivity index (χ2n) is 5.09. The molecule has 0 unspecified atom stereocenters. The van der Waals surface area contributed by atoms with Crippen molar-refractivity contribution in [3.8, 4) is 0 Å². The Labute approximate surface area is 113 Å². The first-order valence-corrected chi connectivity index (χ1v) is 6.48. The quantitative estimate of drug-likeness (QED) is 0.859. The van der Waals surface area contributed by atoms with Crippen molar-refractivity contribution in [1.82, 2.24) is 9.78 Å². The molecule has 0 saturated heterocycles. The molecular weight excluding hydrogens is 281 g/mol. The lowest BCUT2D eigenvalue weighted by Gasteiger charge is -2.31. The van der Waals surface area contributed by atoms with E-state index in [2.05, 4.69) is 10.4 Å². The van der Waals surface area contributed by atoms with Crippen molar-refractivity contribution in [3.05, 3.63) is 12.4 Å². The van der Waals surface area contributed by atoms with Crippen molar-refractivity contribution >= 4 is 5.69 Å². The lowest BCUT2D eigenvalue weighted by atomic mass is 9.85. The van der Waals surface area contributed by atoms with Crippen LogP contribution < -0.4 is 5.32 Å². The Kier molecular flexibility index (Phi) is 4.49. The van der Waals surface area contributed by atoms with E-state index >= 15 is 0 Å². The minimum Gasteiger partial charge on any atom is -0.380 e. The summed E-state index contributed by atoms with van der Waals surface area (Å²) >= 11 is 0. The van der Waals surface area contributed by atoms with Crippen LogP contribution in [-0.4, -0.2) is 28.4 Å². The van der Waals surface area contributed by atoms with Crippen molar-refractivity contribution in [2.75, 3.05) is 5.32 Å². The van der Waals surface area contributed by atoms with E-state index in [1.165, 1.54) is 12.4 Å². The number of rotatable bonds is 4. The predicted molar refractivity (Wildman–Crippen MR) is 63.7 cm³/mol. The first-order valence-electron chi connectivity index (χ1n) is 6.48. The fourth-order valence-electron chi connectivity index (χ4n) is 2.53. The zero-order valence-corrected chi connectivity index (χ0v) is 10.7. The lowest BCUT2D eigenvalue weighted by molar-refractivity contribution is -0.182. The molecule has 20 heavy (non-hydrogen) atoms. The Morgan fingerprint density at radius 1 is 1.35 bits per heavy atom. The Hall–Kier alpha value is -1.34. The van der Waals surface area contributed by atoms with Gasteiger partial charge >= 0.3 is 6.18 Å². The van der Waals surface area contributed by atoms with Gasteiger partial charge in [0.2, 0.25) is 0 Å². The molecular formula is C12H16F5N3. The van der Waals surface area contributed by atoms with Crippen molar-refractivity contribution in [2.24, 2.45) is 5.92 Å². The number of nitrogens with one attached hydrogen (secondary N) is 1. The van der Waals surface area contributed by atoms with Gasteiger partial charge in [-0.25, -0.2) is 8.78 Å². The maximum atomic E-state index is 12.7. The summed E-state index contributed by atoms with van der Waals surface area (Å²) in [5.74, 6) is -1.29. The van der Waals surface area contributed by atoms with Crippen LogP contribution in [0.1, 0.15) is 25.7 Å². The summed E-state index contributed by atoms with van der Waals surface area (Å²) in [5.41, 5.74) is 0.485. The minimum atomic E-state index is -4.17. The highest BCUT2D eigenvalue weighted by Gasteiger charge is 2.42. The van der Waals surface area contributed by atoms with E-state index in [1.54, 1.807) is 0 Å². The number of hydrogen-bond donors (Lipinski definition) is 1. The van der Waals surface area contributed by atoms with Gasteiger partial charge in [-0.05, 0) is 19.3 Å². The zero-order chi connectivity index (χ0) is 14.8. The minimum absolute atomic E-state index is 0.0174. The normalized spacial score (nSPS) is 24.1. The van der Waals surface area contributed by atoms with Crippen molar-refractivity contribution in [3.63, 3.8) is 0 Å². The third kappa shape index (κ3) is 4.08. The molecule has 8 heteroatoms. The van der Waals surface area contributed by atoms with Crippen LogP contribution in [0.25, 0.3) is 0 Å². The van der Waals surface area contributed by atoms with E-state index in [4.69, 9.17) is 0 Å². The number of aromatic nitrogens is 2. The predicted octanol–water partition coefficient (Wildman–Crippen LogP) is 3.68. The number of hydrogen-bond acceptors (Lipinski definition) is 2. The van der Waals surface area contributed by atoms with Crippen LogP contribution >= 0.6 is 0 Å². The van der Waals surface area contributed by atoms with Gasteiger partial charge in [0.05, 0.1) is 17.8 Å². The molecule has 114 valence electrons. The van der Waals surface area contributed by atoms with Crippen molar-refractivity contribution in [2.45, 2.75) is 50.9 Å². The van der Waals surface area contributed by atoms with Crippen LogP contribution in [0.5, 0.6) is 0 Å². The third-order valence-corrected chi connectivity index (χ3v) is 3.47. The molecule has 0 aliphatic heterocycles. The zero-order valence-electron chi connectivity index (χ0n) is 10.7.